The van der Waals surface area contributed by atoms with E-state index in [1.54, 1.807) is 24.3 Å². The Morgan fingerprint density at radius 1 is 1.29 bits per heavy atom. The van der Waals surface area contributed by atoms with Gasteiger partial charge in [-0.25, -0.2) is 4.79 Å². The Morgan fingerprint density at radius 3 is 2.71 bits per heavy atom. The van der Waals surface area contributed by atoms with Gasteiger partial charge in [-0.2, -0.15) is 0 Å². The van der Waals surface area contributed by atoms with Crippen molar-refractivity contribution in [1.29, 1.82) is 0 Å². The lowest BCUT2D eigenvalue weighted by molar-refractivity contribution is -0.884. The van der Waals surface area contributed by atoms with Crippen LogP contribution in [0.15, 0.2) is 30.5 Å². The quantitative estimate of drug-likeness (QED) is 0.481. The van der Waals surface area contributed by atoms with Gasteiger partial charge in [-0.3, -0.25) is 5.21 Å². The highest BCUT2D eigenvalue weighted by Gasteiger charge is 2.19. The highest BCUT2D eigenvalue weighted by molar-refractivity contribution is 5.99. The van der Waals surface area contributed by atoms with Crippen LogP contribution in [0.5, 0.6) is 5.75 Å². The van der Waals surface area contributed by atoms with Crippen molar-refractivity contribution in [2.24, 2.45) is 0 Å². The van der Waals surface area contributed by atoms with Crippen molar-refractivity contribution in [2.75, 3.05) is 14.2 Å². The molecule has 17 heavy (non-hydrogen) atoms. The zero-order valence-electron chi connectivity index (χ0n) is 9.51. The molecule has 0 fully saturated rings. The highest BCUT2D eigenvalue weighted by Crippen LogP contribution is 2.28. The predicted molar refractivity (Wildman–Crippen MR) is 59.2 cm³/mol. The molecule has 1 aromatic heterocycles. The Hall–Kier alpha value is -2.30. The topological polar surface area (TPSA) is 59.6 Å². The molecule has 0 atom stereocenters. The van der Waals surface area contributed by atoms with Crippen molar-refractivity contribution in [3.8, 4) is 5.75 Å². The molecule has 2 rings (SSSR count). The lowest BCUT2D eigenvalue weighted by atomic mass is 10.1. The highest BCUT2D eigenvalue weighted by atomic mass is 16.5. The molecule has 0 spiro atoms. The number of hydrogen-bond acceptors (Lipinski definition) is 4. The zero-order chi connectivity index (χ0) is 12.4. The first kappa shape index (κ1) is 11.2. The van der Waals surface area contributed by atoms with Crippen LogP contribution < -0.4 is 9.47 Å². The fourth-order valence-corrected chi connectivity index (χ4v) is 1.74. The maximum atomic E-state index is 11.6. The number of ether oxygens (including phenoxy) is 2. The monoisotopic (exact) mass is 234 g/mol. The average Bonchev–Trinajstić information content (AvgIpc) is 2.37. The van der Waals surface area contributed by atoms with Crippen molar-refractivity contribution < 1.29 is 24.2 Å². The fourth-order valence-electron chi connectivity index (χ4n) is 1.74. The molecule has 1 aromatic carbocycles. The number of carbonyl (C=O) groups is 1. The predicted octanol–water partition coefficient (Wildman–Crippen LogP) is 1.16. The van der Waals surface area contributed by atoms with Crippen LogP contribution in [-0.4, -0.2) is 25.4 Å². The molecule has 0 saturated heterocycles. The van der Waals surface area contributed by atoms with Gasteiger partial charge in [0, 0.05) is 16.9 Å². The molecule has 0 aliphatic heterocycles. The molecule has 88 valence electrons. The number of esters is 1. The minimum Gasteiger partial charge on any atom is -0.495 e. The summed E-state index contributed by atoms with van der Waals surface area (Å²) in [6.07, 6.45) is 1.50. The van der Waals surface area contributed by atoms with Gasteiger partial charge in [-0.05, 0) is 12.1 Å². The zero-order valence-corrected chi connectivity index (χ0v) is 9.51. The molecule has 0 saturated carbocycles. The molecule has 0 aliphatic rings. The molecule has 0 unspecified atom stereocenters. The molecule has 2 aromatic rings. The van der Waals surface area contributed by atoms with E-state index in [-0.39, 0.29) is 0 Å². The van der Waals surface area contributed by atoms with Crippen LogP contribution in [0.3, 0.4) is 0 Å². The number of carbonyl (C=O) groups excluding carboxylic acids is 1. The van der Waals surface area contributed by atoms with Gasteiger partial charge in [0.1, 0.15) is 11.3 Å². The molecule has 5 nitrogen and oxygen atoms in total. The van der Waals surface area contributed by atoms with Crippen molar-refractivity contribution >= 4 is 16.9 Å². The van der Waals surface area contributed by atoms with Crippen LogP contribution in [0.25, 0.3) is 10.9 Å². The third-order valence-electron chi connectivity index (χ3n) is 2.52. The van der Waals surface area contributed by atoms with Crippen molar-refractivity contribution in [3.63, 3.8) is 0 Å². The summed E-state index contributed by atoms with van der Waals surface area (Å²) in [6.45, 7) is 0. The lowest BCUT2D eigenvalue weighted by Gasteiger charge is -2.07. The van der Waals surface area contributed by atoms with E-state index >= 15 is 0 Å². The Morgan fingerprint density at radius 2 is 2.06 bits per heavy atom. The maximum Gasteiger partial charge on any atom is 0.341 e. The number of hydrogen-bond donors (Lipinski definition) is 1. The normalized spacial score (nSPS) is 10.2. The Kier molecular flexibility index (Phi) is 2.82. The van der Waals surface area contributed by atoms with Gasteiger partial charge < -0.3 is 9.47 Å². The lowest BCUT2D eigenvalue weighted by Crippen LogP contribution is -2.30. The van der Waals surface area contributed by atoms with Gasteiger partial charge in [0.15, 0.2) is 0 Å². The molecule has 0 aliphatic carbocycles. The number of aromatic nitrogens is 1. The first-order chi connectivity index (χ1) is 8.19. The fraction of sp³-hybridized carbons (Fsp3) is 0.167. The van der Waals surface area contributed by atoms with Crippen LogP contribution in [0.2, 0.25) is 0 Å². The van der Waals surface area contributed by atoms with Crippen LogP contribution in [-0.2, 0) is 4.74 Å². The van der Waals surface area contributed by atoms with Gasteiger partial charge in [0.25, 0.3) is 5.52 Å². The molecular formula is C12H12NO4+. The summed E-state index contributed by atoms with van der Waals surface area (Å²) in [5.74, 6) is -0.0881. The van der Waals surface area contributed by atoms with Crippen molar-refractivity contribution in [2.45, 2.75) is 0 Å². The number of methoxy groups -OCH3 is 2. The summed E-state index contributed by atoms with van der Waals surface area (Å²) in [7, 11) is 2.78. The number of benzene rings is 1. The minimum atomic E-state index is -0.475. The number of nitrogens with zero attached hydrogens (tertiary/aromatic N) is 1. The van der Waals surface area contributed by atoms with Gasteiger partial charge >= 0.3 is 5.97 Å². The molecule has 5 heteroatoms. The standard InChI is InChI=1S/C12H12NO4/c1-16-11-8-4-3-7-13(15)10(8)6-5-9(11)12(14)17-2/h3-7,15H,1-2H3/q+1. The summed E-state index contributed by atoms with van der Waals surface area (Å²) < 4.78 is 10.9. The van der Waals surface area contributed by atoms with E-state index < -0.39 is 5.97 Å². The van der Waals surface area contributed by atoms with E-state index in [1.165, 1.54) is 20.4 Å². The summed E-state index contributed by atoms with van der Waals surface area (Å²) in [5.41, 5.74) is 0.880. The van der Waals surface area contributed by atoms with Crippen molar-refractivity contribution in [3.05, 3.63) is 36.0 Å². The van der Waals surface area contributed by atoms with Gasteiger partial charge in [0.2, 0.25) is 6.20 Å². The van der Waals surface area contributed by atoms with Gasteiger partial charge in [-0.1, -0.05) is 0 Å². The van der Waals surface area contributed by atoms with E-state index in [0.717, 1.165) is 4.73 Å². The summed E-state index contributed by atoms with van der Waals surface area (Å²) in [6, 6.07) is 6.60. The minimum absolute atomic E-state index is 0.328. The number of fused-ring (bicyclic) bond motifs is 1. The third kappa shape index (κ3) is 1.75. The van der Waals surface area contributed by atoms with E-state index in [1.807, 2.05) is 0 Å². The summed E-state index contributed by atoms with van der Waals surface area (Å²) in [5, 5.41) is 10.3. The van der Waals surface area contributed by atoms with Crippen molar-refractivity contribution in [1.82, 2.24) is 0 Å². The van der Waals surface area contributed by atoms with E-state index in [2.05, 4.69) is 4.74 Å². The van der Waals surface area contributed by atoms with Crippen LogP contribution >= 0.6 is 0 Å². The van der Waals surface area contributed by atoms with Crippen LogP contribution in [0.1, 0.15) is 10.4 Å². The number of pyridine rings is 1. The molecule has 0 radical (unpaired) electrons. The molecule has 0 amide bonds. The maximum absolute atomic E-state index is 11.6. The van der Waals surface area contributed by atoms with E-state index in [4.69, 9.17) is 4.74 Å². The Balaban J connectivity index is 2.78. The van der Waals surface area contributed by atoms with Gasteiger partial charge in [0.05, 0.1) is 19.6 Å². The SMILES string of the molecule is COC(=O)c1ccc2c(ccc[n+]2O)c1OC. The van der Waals surface area contributed by atoms with E-state index in [9.17, 15) is 10.0 Å². The van der Waals surface area contributed by atoms with Gasteiger partial charge in [-0.15, -0.1) is 0 Å². The van der Waals surface area contributed by atoms with Crippen LogP contribution in [0.4, 0.5) is 0 Å². The Bertz CT molecular complexity index is 580. The van der Waals surface area contributed by atoms with E-state index in [0.29, 0.717) is 22.2 Å². The smallest absolute Gasteiger partial charge is 0.341 e. The first-order valence-corrected chi connectivity index (χ1v) is 4.98. The summed E-state index contributed by atoms with van der Waals surface area (Å²) >= 11 is 0. The Labute approximate surface area is 97.8 Å². The number of rotatable bonds is 2. The largest absolute Gasteiger partial charge is 0.495 e. The molecule has 1 heterocycles. The molecule has 0 bridgehead atoms. The third-order valence-corrected chi connectivity index (χ3v) is 2.52. The first-order valence-electron chi connectivity index (χ1n) is 4.98. The molecular weight excluding hydrogens is 222 g/mol. The molecule has 1 N–H and O–H groups in total. The second kappa shape index (κ2) is 4.29. The van der Waals surface area contributed by atoms with Crippen LogP contribution in [0, 0.1) is 0 Å². The second-order valence-corrected chi connectivity index (χ2v) is 3.42. The average molecular weight is 234 g/mol. The summed E-state index contributed by atoms with van der Waals surface area (Å²) in [4.78, 5) is 11.6. The second-order valence-electron chi connectivity index (χ2n) is 3.42.